The van der Waals surface area contributed by atoms with Crippen LogP contribution in [0.5, 0.6) is 0 Å². The van der Waals surface area contributed by atoms with Gasteiger partial charge in [0.25, 0.3) is 5.91 Å². The molecule has 1 aliphatic carbocycles. The molecule has 0 spiro atoms. The van der Waals surface area contributed by atoms with E-state index in [0.29, 0.717) is 16.8 Å². The summed E-state index contributed by atoms with van der Waals surface area (Å²) in [6.07, 6.45) is 1.50. The number of amides is 1. The van der Waals surface area contributed by atoms with Crippen molar-refractivity contribution in [3.8, 4) is 0 Å². The van der Waals surface area contributed by atoms with Crippen LogP contribution in [-0.4, -0.2) is 31.4 Å². The Kier molecular flexibility index (Phi) is 5.29. The third kappa shape index (κ3) is 4.93. The predicted molar refractivity (Wildman–Crippen MR) is 100 cm³/mol. The second kappa shape index (κ2) is 7.50. The van der Waals surface area contributed by atoms with Crippen LogP contribution in [0.25, 0.3) is 0 Å². The van der Waals surface area contributed by atoms with Gasteiger partial charge in [0, 0.05) is 17.3 Å². The Morgan fingerprint density at radius 3 is 2.56 bits per heavy atom. The van der Waals surface area contributed by atoms with Gasteiger partial charge in [-0.15, -0.1) is 0 Å². The Morgan fingerprint density at radius 2 is 1.89 bits per heavy atom. The summed E-state index contributed by atoms with van der Waals surface area (Å²) >= 11 is 0. The summed E-state index contributed by atoms with van der Waals surface area (Å²) in [5.41, 5.74) is 1.89. The van der Waals surface area contributed by atoms with Gasteiger partial charge >= 0.3 is 5.97 Å². The molecule has 1 saturated carbocycles. The minimum absolute atomic E-state index is 0.0226. The van der Waals surface area contributed by atoms with Crippen molar-refractivity contribution in [1.29, 1.82) is 0 Å². The number of carboxylic acid groups (broad SMARTS) is 1. The molecule has 1 aliphatic rings. The molecule has 0 unspecified atom stereocenters. The van der Waals surface area contributed by atoms with E-state index in [-0.39, 0.29) is 22.9 Å². The molecule has 0 radical (unpaired) electrons. The van der Waals surface area contributed by atoms with Crippen molar-refractivity contribution in [2.24, 2.45) is 0 Å². The smallest absolute Gasteiger partial charge is 0.307 e. The Labute approximate surface area is 157 Å². The molecule has 0 saturated heterocycles. The first-order valence-corrected chi connectivity index (χ1v) is 9.98. The van der Waals surface area contributed by atoms with E-state index in [1.807, 2.05) is 0 Å². The van der Waals surface area contributed by atoms with E-state index in [1.54, 1.807) is 37.3 Å². The van der Waals surface area contributed by atoms with E-state index in [9.17, 15) is 18.0 Å². The Hall–Kier alpha value is -2.71. The van der Waals surface area contributed by atoms with Crippen LogP contribution in [0.3, 0.4) is 0 Å². The number of hydrogen-bond acceptors (Lipinski definition) is 4. The highest BCUT2D eigenvalue weighted by atomic mass is 32.2. The first-order valence-electron chi connectivity index (χ1n) is 8.50. The summed E-state index contributed by atoms with van der Waals surface area (Å²) in [6, 6.07) is 10.9. The summed E-state index contributed by atoms with van der Waals surface area (Å²) in [5, 5.41) is 11.6. The van der Waals surface area contributed by atoms with Crippen molar-refractivity contribution in [2.75, 3.05) is 5.32 Å². The fraction of sp³-hybridized carbons (Fsp3) is 0.263. The quantitative estimate of drug-likeness (QED) is 0.674. The number of carbonyl (C=O) groups is 2. The van der Waals surface area contributed by atoms with Gasteiger partial charge in [0.2, 0.25) is 10.0 Å². The Balaban J connectivity index is 1.82. The van der Waals surface area contributed by atoms with Crippen molar-refractivity contribution in [2.45, 2.75) is 37.1 Å². The number of anilines is 1. The lowest BCUT2D eigenvalue weighted by atomic mass is 10.1. The molecular formula is C19H20N2O5S. The fourth-order valence-corrected chi connectivity index (χ4v) is 3.96. The first kappa shape index (κ1) is 19.1. The Bertz CT molecular complexity index is 997. The average molecular weight is 388 g/mol. The number of rotatable bonds is 7. The van der Waals surface area contributed by atoms with Gasteiger partial charge in [0.1, 0.15) is 0 Å². The maximum absolute atomic E-state index is 12.6. The molecule has 0 aromatic heterocycles. The van der Waals surface area contributed by atoms with E-state index >= 15 is 0 Å². The van der Waals surface area contributed by atoms with E-state index in [4.69, 9.17) is 5.11 Å². The van der Waals surface area contributed by atoms with Crippen molar-refractivity contribution in [3.05, 3.63) is 59.2 Å². The molecule has 1 fully saturated rings. The van der Waals surface area contributed by atoms with Gasteiger partial charge in [-0.25, -0.2) is 13.1 Å². The average Bonchev–Trinajstić information content (AvgIpc) is 3.38. The number of nitrogens with one attached hydrogen (secondary N) is 2. The largest absolute Gasteiger partial charge is 0.481 e. The van der Waals surface area contributed by atoms with Crippen LogP contribution < -0.4 is 10.0 Å². The van der Waals surface area contributed by atoms with Gasteiger partial charge in [-0.1, -0.05) is 18.2 Å². The van der Waals surface area contributed by atoms with Crippen molar-refractivity contribution < 1.29 is 23.1 Å². The molecule has 3 rings (SSSR count). The molecular weight excluding hydrogens is 368 g/mol. The summed E-state index contributed by atoms with van der Waals surface area (Å²) in [7, 11) is -3.66. The molecule has 1 amide bonds. The lowest BCUT2D eigenvalue weighted by Crippen LogP contribution is -2.26. The zero-order chi connectivity index (χ0) is 19.6. The summed E-state index contributed by atoms with van der Waals surface area (Å²) in [4.78, 5) is 23.5. The van der Waals surface area contributed by atoms with Gasteiger partial charge in [0.15, 0.2) is 0 Å². The molecule has 7 nitrogen and oxygen atoms in total. The van der Waals surface area contributed by atoms with Crippen LogP contribution in [-0.2, 0) is 21.2 Å². The monoisotopic (exact) mass is 388 g/mol. The number of sulfonamides is 1. The molecule has 0 bridgehead atoms. The van der Waals surface area contributed by atoms with E-state index in [2.05, 4.69) is 10.0 Å². The first-order chi connectivity index (χ1) is 12.7. The van der Waals surface area contributed by atoms with E-state index in [0.717, 1.165) is 12.8 Å². The number of carboxylic acids is 1. The minimum atomic E-state index is -3.66. The lowest BCUT2D eigenvalue weighted by Gasteiger charge is -2.11. The van der Waals surface area contributed by atoms with Crippen molar-refractivity contribution in [1.82, 2.24) is 4.72 Å². The highest BCUT2D eigenvalue weighted by Gasteiger charge is 2.28. The third-order valence-electron chi connectivity index (χ3n) is 4.20. The van der Waals surface area contributed by atoms with Crippen LogP contribution in [0.1, 0.15) is 34.3 Å². The number of aryl methyl sites for hydroxylation is 1. The summed E-state index contributed by atoms with van der Waals surface area (Å²) < 4.78 is 27.3. The second-order valence-corrected chi connectivity index (χ2v) is 8.31. The van der Waals surface area contributed by atoms with Crippen LogP contribution >= 0.6 is 0 Å². The van der Waals surface area contributed by atoms with E-state index in [1.165, 1.54) is 12.1 Å². The van der Waals surface area contributed by atoms with Gasteiger partial charge in [-0.3, -0.25) is 9.59 Å². The predicted octanol–water partition coefficient (Wildman–Crippen LogP) is 2.32. The standard InChI is InChI=1S/C19H20N2O5S/c1-12-5-8-16(27(25,26)21-14-6-7-14)11-17(12)19(24)20-15-4-2-3-13(9-15)10-18(22)23/h2-5,8-9,11,14,21H,6-7,10H2,1H3,(H,20,24)(H,22,23). The molecule has 142 valence electrons. The van der Waals surface area contributed by atoms with Crippen LogP contribution in [0.2, 0.25) is 0 Å². The summed E-state index contributed by atoms with van der Waals surface area (Å²) in [6.45, 7) is 1.72. The molecule has 0 heterocycles. The topological polar surface area (TPSA) is 113 Å². The van der Waals surface area contributed by atoms with Crippen LogP contribution in [0.4, 0.5) is 5.69 Å². The van der Waals surface area contributed by atoms with Crippen molar-refractivity contribution >= 4 is 27.6 Å². The normalized spacial score (nSPS) is 14.0. The summed E-state index contributed by atoms with van der Waals surface area (Å²) in [5.74, 6) is -1.42. The number of hydrogen-bond donors (Lipinski definition) is 3. The minimum Gasteiger partial charge on any atom is -0.481 e. The highest BCUT2D eigenvalue weighted by Crippen LogP contribution is 2.23. The van der Waals surface area contributed by atoms with Gasteiger partial charge < -0.3 is 10.4 Å². The molecule has 0 aliphatic heterocycles. The van der Waals surface area contributed by atoms with Gasteiger partial charge in [0.05, 0.1) is 11.3 Å². The lowest BCUT2D eigenvalue weighted by molar-refractivity contribution is -0.136. The fourth-order valence-electron chi connectivity index (χ4n) is 2.63. The second-order valence-electron chi connectivity index (χ2n) is 6.60. The molecule has 2 aromatic rings. The maximum atomic E-state index is 12.6. The Morgan fingerprint density at radius 1 is 1.15 bits per heavy atom. The highest BCUT2D eigenvalue weighted by molar-refractivity contribution is 7.89. The zero-order valence-corrected chi connectivity index (χ0v) is 15.5. The molecule has 27 heavy (non-hydrogen) atoms. The third-order valence-corrected chi connectivity index (χ3v) is 5.72. The van der Waals surface area contributed by atoms with Crippen LogP contribution in [0, 0.1) is 6.92 Å². The SMILES string of the molecule is Cc1ccc(S(=O)(=O)NC2CC2)cc1C(=O)Nc1cccc(CC(=O)O)c1. The molecule has 0 atom stereocenters. The molecule has 2 aromatic carbocycles. The molecule has 3 N–H and O–H groups in total. The van der Waals surface area contributed by atoms with E-state index < -0.39 is 21.9 Å². The van der Waals surface area contributed by atoms with Crippen molar-refractivity contribution in [3.63, 3.8) is 0 Å². The zero-order valence-electron chi connectivity index (χ0n) is 14.7. The number of aliphatic carboxylic acids is 1. The molecule has 8 heteroatoms. The van der Waals surface area contributed by atoms with Crippen LogP contribution in [0.15, 0.2) is 47.4 Å². The van der Waals surface area contributed by atoms with Gasteiger partial charge in [-0.05, 0) is 55.2 Å². The maximum Gasteiger partial charge on any atom is 0.307 e. The number of carbonyl (C=O) groups excluding carboxylic acids is 1. The number of benzene rings is 2. The van der Waals surface area contributed by atoms with Gasteiger partial charge in [-0.2, -0.15) is 0 Å².